The van der Waals surface area contributed by atoms with Crippen molar-refractivity contribution >= 4 is 12.0 Å². The number of nitrogens with two attached hydrogens (primary N) is 1. The first-order chi connectivity index (χ1) is 8.68. The van der Waals surface area contributed by atoms with Crippen LogP contribution in [0.5, 0.6) is 0 Å². The van der Waals surface area contributed by atoms with Crippen LogP contribution in [0.1, 0.15) is 12.5 Å². The summed E-state index contributed by atoms with van der Waals surface area (Å²) in [7, 11) is 0. The average molecular weight is 243 g/mol. The Morgan fingerprint density at radius 3 is 2.67 bits per heavy atom. The summed E-state index contributed by atoms with van der Waals surface area (Å²) in [5.41, 5.74) is 6.90. The highest BCUT2D eigenvalue weighted by atomic mass is 16.5. The topological polar surface area (TPSA) is 52.3 Å². The molecule has 0 unspecified atom stereocenters. The molecule has 0 heterocycles. The molecule has 0 aliphatic heterocycles. The van der Waals surface area contributed by atoms with Crippen LogP contribution < -0.4 is 5.73 Å². The summed E-state index contributed by atoms with van der Waals surface area (Å²) in [6, 6.07) is 9.96. The van der Waals surface area contributed by atoms with Gasteiger partial charge in [-0.25, -0.2) is 4.79 Å². The van der Waals surface area contributed by atoms with E-state index in [1.165, 1.54) is 6.08 Å². The molecule has 0 aliphatic carbocycles. The molecule has 0 bridgehead atoms. The third-order valence-electron chi connectivity index (χ3n) is 2.00. The third kappa shape index (κ3) is 6.33. The van der Waals surface area contributed by atoms with E-state index in [1.807, 2.05) is 48.6 Å². The fraction of sp³-hybridized carbons (Fsp3) is 0.133. The van der Waals surface area contributed by atoms with E-state index in [2.05, 4.69) is 0 Å². The van der Waals surface area contributed by atoms with Crippen LogP contribution in [0.4, 0.5) is 0 Å². The van der Waals surface area contributed by atoms with Crippen LogP contribution in [-0.2, 0) is 9.53 Å². The van der Waals surface area contributed by atoms with Crippen LogP contribution in [0, 0.1) is 0 Å². The van der Waals surface area contributed by atoms with Crippen LogP contribution in [0.25, 0.3) is 6.08 Å². The molecule has 1 aromatic carbocycles. The first kappa shape index (κ1) is 13.8. The zero-order valence-corrected chi connectivity index (χ0v) is 10.4. The first-order valence-corrected chi connectivity index (χ1v) is 5.67. The molecule has 0 saturated carbocycles. The summed E-state index contributed by atoms with van der Waals surface area (Å²) in [6.45, 7) is 1.88. The van der Waals surface area contributed by atoms with Crippen molar-refractivity contribution in [2.75, 3.05) is 6.61 Å². The summed E-state index contributed by atoms with van der Waals surface area (Å²) < 4.78 is 4.89. The maximum absolute atomic E-state index is 11.1. The fourth-order valence-corrected chi connectivity index (χ4v) is 1.22. The molecule has 0 aromatic heterocycles. The molecule has 1 aromatic rings. The van der Waals surface area contributed by atoms with E-state index in [0.717, 1.165) is 5.56 Å². The van der Waals surface area contributed by atoms with Gasteiger partial charge in [-0.2, -0.15) is 0 Å². The molecule has 0 amide bonds. The lowest BCUT2D eigenvalue weighted by molar-refractivity contribution is -0.136. The molecule has 0 saturated heterocycles. The molecule has 0 fully saturated rings. The Morgan fingerprint density at radius 2 is 2.00 bits per heavy atom. The molecule has 0 spiro atoms. The van der Waals surface area contributed by atoms with Gasteiger partial charge in [0.2, 0.25) is 0 Å². The predicted octanol–water partition coefficient (Wildman–Crippen LogP) is 2.66. The summed E-state index contributed by atoms with van der Waals surface area (Å²) >= 11 is 0. The molecule has 3 heteroatoms. The first-order valence-electron chi connectivity index (χ1n) is 5.67. The molecule has 2 N–H and O–H groups in total. The SMILES string of the molecule is C/C(N)=C/C(=O)OC/C=C/C=C/c1ccccc1. The molecule has 3 nitrogen and oxygen atoms in total. The van der Waals surface area contributed by atoms with E-state index in [1.54, 1.807) is 13.0 Å². The Labute approximate surface area is 107 Å². The smallest absolute Gasteiger partial charge is 0.332 e. The van der Waals surface area contributed by atoms with Crippen LogP contribution in [0.15, 0.2) is 60.3 Å². The zero-order valence-electron chi connectivity index (χ0n) is 10.4. The van der Waals surface area contributed by atoms with Gasteiger partial charge in [-0.05, 0) is 18.6 Å². The zero-order chi connectivity index (χ0) is 13.2. The lowest BCUT2D eigenvalue weighted by atomic mass is 10.2. The second-order valence-electron chi connectivity index (χ2n) is 3.72. The number of ether oxygens (including phenoxy) is 1. The number of carbonyl (C=O) groups is 1. The quantitative estimate of drug-likeness (QED) is 0.491. The van der Waals surface area contributed by atoms with Crippen molar-refractivity contribution in [3.63, 3.8) is 0 Å². The minimum Gasteiger partial charge on any atom is -0.458 e. The molecule has 1 rings (SSSR count). The molecule has 0 aliphatic rings. The van der Waals surface area contributed by atoms with Crippen LogP contribution in [0.3, 0.4) is 0 Å². The summed E-state index contributed by atoms with van der Waals surface area (Å²) in [5.74, 6) is -0.424. The van der Waals surface area contributed by atoms with Crippen LogP contribution in [0.2, 0.25) is 0 Å². The molecular weight excluding hydrogens is 226 g/mol. The molecule has 94 valence electrons. The number of hydrogen-bond donors (Lipinski definition) is 1. The highest BCUT2D eigenvalue weighted by Crippen LogP contribution is 2.00. The van der Waals surface area contributed by atoms with Gasteiger partial charge in [0.1, 0.15) is 6.61 Å². The van der Waals surface area contributed by atoms with Gasteiger partial charge in [0.15, 0.2) is 0 Å². The van der Waals surface area contributed by atoms with Gasteiger partial charge in [0, 0.05) is 11.8 Å². The van der Waals surface area contributed by atoms with Gasteiger partial charge in [-0.15, -0.1) is 0 Å². The predicted molar refractivity (Wildman–Crippen MR) is 73.5 cm³/mol. The number of carbonyl (C=O) groups excluding carboxylic acids is 1. The van der Waals surface area contributed by atoms with Crippen LogP contribution in [-0.4, -0.2) is 12.6 Å². The van der Waals surface area contributed by atoms with E-state index in [-0.39, 0.29) is 6.61 Å². The Hall–Kier alpha value is -2.29. The van der Waals surface area contributed by atoms with E-state index >= 15 is 0 Å². The molecule has 18 heavy (non-hydrogen) atoms. The van der Waals surface area contributed by atoms with Gasteiger partial charge >= 0.3 is 5.97 Å². The van der Waals surface area contributed by atoms with E-state index in [0.29, 0.717) is 5.70 Å². The Bertz CT molecular complexity index is 455. The van der Waals surface area contributed by atoms with Crippen molar-refractivity contribution < 1.29 is 9.53 Å². The van der Waals surface area contributed by atoms with Crippen molar-refractivity contribution in [2.24, 2.45) is 5.73 Å². The van der Waals surface area contributed by atoms with Gasteiger partial charge in [-0.3, -0.25) is 0 Å². The Balaban J connectivity index is 2.28. The lowest BCUT2D eigenvalue weighted by Gasteiger charge is -1.96. The average Bonchev–Trinajstić information content (AvgIpc) is 2.34. The van der Waals surface area contributed by atoms with Gasteiger partial charge in [-0.1, -0.05) is 48.6 Å². The van der Waals surface area contributed by atoms with Crippen molar-refractivity contribution in [2.45, 2.75) is 6.92 Å². The van der Waals surface area contributed by atoms with Crippen LogP contribution >= 0.6 is 0 Å². The minimum atomic E-state index is -0.424. The highest BCUT2D eigenvalue weighted by Gasteiger charge is 1.94. The maximum Gasteiger partial charge on any atom is 0.332 e. The van der Waals surface area contributed by atoms with Gasteiger partial charge in [0.05, 0.1) is 0 Å². The molecule has 0 atom stereocenters. The highest BCUT2D eigenvalue weighted by molar-refractivity contribution is 5.82. The van der Waals surface area contributed by atoms with Gasteiger partial charge in [0.25, 0.3) is 0 Å². The fourth-order valence-electron chi connectivity index (χ4n) is 1.22. The second kappa shape index (κ2) is 7.90. The molecule has 0 radical (unpaired) electrons. The second-order valence-corrected chi connectivity index (χ2v) is 3.72. The van der Waals surface area contributed by atoms with Crippen molar-refractivity contribution in [3.05, 3.63) is 65.9 Å². The van der Waals surface area contributed by atoms with Crippen molar-refractivity contribution in [1.82, 2.24) is 0 Å². The Morgan fingerprint density at radius 1 is 1.28 bits per heavy atom. The summed E-state index contributed by atoms with van der Waals surface area (Å²) in [6.07, 6.45) is 8.72. The Kier molecular flexibility index (Phi) is 6.04. The standard InChI is InChI=1S/C15H17NO2/c1-13(16)12-15(17)18-11-7-3-6-10-14-8-4-2-5-9-14/h2-10,12H,11,16H2,1H3/b7-3+,10-6+,13-12-. The van der Waals surface area contributed by atoms with E-state index in [9.17, 15) is 4.79 Å². The third-order valence-corrected chi connectivity index (χ3v) is 2.00. The van der Waals surface area contributed by atoms with Gasteiger partial charge < -0.3 is 10.5 Å². The normalized spacial score (nSPS) is 12.2. The monoisotopic (exact) mass is 243 g/mol. The largest absolute Gasteiger partial charge is 0.458 e. The minimum absolute atomic E-state index is 0.238. The summed E-state index contributed by atoms with van der Waals surface area (Å²) in [4.78, 5) is 11.1. The van der Waals surface area contributed by atoms with E-state index in [4.69, 9.17) is 10.5 Å². The van der Waals surface area contributed by atoms with Crippen molar-refractivity contribution in [1.29, 1.82) is 0 Å². The number of esters is 1. The van der Waals surface area contributed by atoms with E-state index < -0.39 is 5.97 Å². The number of allylic oxidation sites excluding steroid dienone is 3. The number of hydrogen-bond acceptors (Lipinski definition) is 3. The lowest BCUT2D eigenvalue weighted by Crippen LogP contribution is -2.03. The molecular formula is C15H17NO2. The number of benzene rings is 1. The summed E-state index contributed by atoms with van der Waals surface area (Å²) in [5, 5.41) is 0. The number of rotatable bonds is 5. The maximum atomic E-state index is 11.1. The van der Waals surface area contributed by atoms with Crippen molar-refractivity contribution in [3.8, 4) is 0 Å².